The molecule has 27 heavy (non-hydrogen) atoms. The molecule has 2 heterocycles. The number of ether oxygens (including phenoxy) is 1. The number of rotatable bonds is 6. The van der Waals surface area contributed by atoms with E-state index in [0.29, 0.717) is 22.9 Å². The lowest BCUT2D eigenvalue weighted by atomic mass is 10.3. The van der Waals surface area contributed by atoms with Crippen LogP contribution in [0.25, 0.3) is 0 Å². The minimum atomic E-state index is -2.91. The maximum absolute atomic E-state index is 12.8. The van der Waals surface area contributed by atoms with Crippen LogP contribution in [-0.2, 0) is 6.54 Å². The molecule has 0 spiro atoms. The Labute approximate surface area is 153 Å². The predicted octanol–water partition coefficient (Wildman–Crippen LogP) is 4.72. The van der Waals surface area contributed by atoms with E-state index in [4.69, 9.17) is 8.94 Å². The fourth-order valence-electron chi connectivity index (χ4n) is 2.46. The first kappa shape index (κ1) is 18.4. The zero-order valence-electron chi connectivity index (χ0n) is 14.6. The van der Waals surface area contributed by atoms with Crippen molar-refractivity contribution in [3.05, 3.63) is 59.9 Å². The molecule has 0 aliphatic heterocycles. The molecule has 0 bridgehead atoms. The zero-order valence-corrected chi connectivity index (χ0v) is 14.6. The molecule has 0 unspecified atom stereocenters. The van der Waals surface area contributed by atoms with Crippen molar-refractivity contribution >= 4 is 17.4 Å². The molecule has 3 aromatic rings. The Balaban J connectivity index is 1.77. The quantitative estimate of drug-likeness (QED) is 0.672. The number of furan rings is 1. The van der Waals surface area contributed by atoms with Crippen LogP contribution >= 0.6 is 0 Å². The second-order valence-corrected chi connectivity index (χ2v) is 5.70. The van der Waals surface area contributed by atoms with Gasteiger partial charge >= 0.3 is 12.6 Å². The van der Waals surface area contributed by atoms with E-state index < -0.39 is 12.6 Å². The molecular weight excluding hydrogens is 360 g/mol. The molecule has 0 saturated carbocycles. The lowest BCUT2D eigenvalue weighted by Gasteiger charge is -2.21. The molecule has 9 heteroatoms. The van der Waals surface area contributed by atoms with Gasteiger partial charge in [0.2, 0.25) is 0 Å². The van der Waals surface area contributed by atoms with E-state index in [1.807, 2.05) is 6.92 Å². The molecule has 142 valence electrons. The van der Waals surface area contributed by atoms with Gasteiger partial charge in [0.15, 0.2) is 5.76 Å². The summed E-state index contributed by atoms with van der Waals surface area (Å²) in [6.07, 6.45) is 1.43. The number of benzene rings is 1. The highest BCUT2D eigenvalue weighted by Crippen LogP contribution is 2.24. The molecule has 2 aromatic heterocycles. The molecular formula is C18H17F2N3O4. The number of nitrogens with zero attached hydrogens (tertiary/aromatic N) is 2. The Morgan fingerprint density at radius 2 is 1.96 bits per heavy atom. The van der Waals surface area contributed by atoms with Crippen LogP contribution in [0.4, 0.5) is 25.0 Å². The van der Waals surface area contributed by atoms with Crippen LogP contribution in [0.1, 0.15) is 17.3 Å². The molecule has 0 aliphatic carbocycles. The highest BCUT2D eigenvalue weighted by atomic mass is 19.3. The van der Waals surface area contributed by atoms with Crippen LogP contribution in [-0.4, -0.2) is 17.8 Å². The summed E-state index contributed by atoms with van der Waals surface area (Å²) in [6, 6.07) is 8.72. The topological polar surface area (TPSA) is 80.7 Å². The summed E-state index contributed by atoms with van der Waals surface area (Å²) in [5.41, 5.74) is 0.899. The third-order valence-electron chi connectivity index (χ3n) is 3.70. The molecule has 0 radical (unpaired) electrons. The summed E-state index contributed by atoms with van der Waals surface area (Å²) in [4.78, 5) is 14.2. The van der Waals surface area contributed by atoms with Crippen molar-refractivity contribution in [1.82, 2.24) is 5.16 Å². The van der Waals surface area contributed by atoms with Crippen LogP contribution in [0.5, 0.6) is 5.75 Å². The van der Waals surface area contributed by atoms with Crippen molar-refractivity contribution in [2.24, 2.45) is 0 Å². The number of aryl methyl sites for hydroxylation is 2. The number of urea groups is 1. The molecule has 7 nitrogen and oxygen atoms in total. The van der Waals surface area contributed by atoms with Gasteiger partial charge in [-0.2, -0.15) is 8.78 Å². The van der Waals surface area contributed by atoms with Crippen molar-refractivity contribution in [2.75, 3.05) is 10.2 Å². The van der Waals surface area contributed by atoms with E-state index in [2.05, 4.69) is 15.2 Å². The zero-order chi connectivity index (χ0) is 19.4. The number of hydrogen-bond acceptors (Lipinski definition) is 5. The highest BCUT2D eigenvalue weighted by Gasteiger charge is 2.22. The standard InChI is InChI=1S/C18H17F2N3O4/c1-11-3-6-15(25-11)10-23(16-9-21-27-12(16)2)18(24)22-13-4-7-14(8-5-13)26-17(19)20/h3-9,17H,10H2,1-2H3,(H,22,24). The van der Waals surface area contributed by atoms with Crippen molar-refractivity contribution in [2.45, 2.75) is 27.0 Å². The normalized spacial score (nSPS) is 10.9. The Morgan fingerprint density at radius 3 is 2.52 bits per heavy atom. The molecule has 2 amide bonds. The van der Waals surface area contributed by atoms with E-state index >= 15 is 0 Å². The van der Waals surface area contributed by atoms with Crippen LogP contribution in [0.3, 0.4) is 0 Å². The number of carbonyl (C=O) groups excluding carboxylic acids is 1. The van der Waals surface area contributed by atoms with Crippen molar-refractivity contribution < 1.29 is 27.3 Å². The summed E-state index contributed by atoms with van der Waals surface area (Å²) in [5, 5.41) is 6.40. The van der Waals surface area contributed by atoms with Gasteiger partial charge < -0.3 is 19.0 Å². The summed E-state index contributed by atoms with van der Waals surface area (Å²) in [6.45, 7) is 0.747. The predicted molar refractivity (Wildman–Crippen MR) is 93.0 cm³/mol. The molecule has 1 N–H and O–H groups in total. The molecule has 1 aromatic carbocycles. The summed E-state index contributed by atoms with van der Waals surface area (Å²) < 4.78 is 39.3. The van der Waals surface area contributed by atoms with Crippen LogP contribution in [0, 0.1) is 13.8 Å². The number of anilines is 2. The van der Waals surface area contributed by atoms with Crippen LogP contribution in [0.2, 0.25) is 0 Å². The van der Waals surface area contributed by atoms with Crippen molar-refractivity contribution in [1.29, 1.82) is 0 Å². The lowest BCUT2D eigenvalue weighted by Crippen LogP contribution is -2.34. The van der Waals surface area contributed by atoms with Gasteiger partial charge in [-0.25, -0.2) is 4.79 Å². The number of carbonyl (C=O) groups is 1. The Morgan fingerprint density at radius 1 is 1.22 bits per heavy atom. The summed E-state index contributed by atoms with van der Waals surface area (Å²) >= 11 is 0. The second kappa shape index (κ2) is 7.90. The van der Waals surface area contributed by atoms with E-state index in [9.17, 15) is 13.6 Å². The van der Waals surface area contributed by atoms with E-state index in [1.165, 1.54) is 35.4 Å². The minimum absolute atomic E-state index is 0.000736. The maximum atomic E-state index is 12.8. The summed E-state index contributed by atoms with van der Waals surface area (Å²) in [7, 11) is 0. The number of nitrogens with one attached hydrogen (secondary N) is 1. The van der Waals surface area contributed by atoms with E-state index in [-0.39, 0.29) is 12.3 Å². The van der Waals surface area contributed by atoms with Gasteiger partial charge in [-0.05, 0) is 50.2 Å². The molecule has 0 aliphatic rings. The van der Waals surface area contributed by atoms with E-state index in [1.54, 1.807) is 19.1 Å². The fraction of sp³-hybridized carbons (Fsp3) is 0.222. The smallest absolute Gasteiger partial charge is 0.387 e. The van der Waals surface area contributed by atoms with Gasteiger partial charge in [0.05, 0.1) is 12.7 Å². The van der Waals surface area contributed by atoms with Gasteiger partial charge in [-0.15, -0.1) is 0 Å². The van der Waals surface area contributed by atoms with Gasteiger partial charge in [0.25, 0.3) is 0 Å². The van der Waals surface area contributed by atoms with Gasteiger partial charge in [-0.3, -0.25) is 4.90 Å². The van der Waals surface area contributed by atoms with Crippen LogP contribution < -0.4 is 15.0 Å². The second-order valence-electron chi connectivity index (χ2n) is 5.70. The third kappa shape index (κ3) is 4.63. The molecule has 0 atom stereocenters. The first-order chi connectivity index (χ1) is 12.9. The third-order valence-corrected chi connectivity index (χ3v) is 3.70. The van der Waals surface area contributed by atoms with Gasteiger partial charge in [0.1, 0.15) is 23.0 Å². The Hall–Kier alpha value is -3.36. The Kier molecular flexibility index (Phi) is 5.39. The van der Waals surface area contributed by atoms with Gasteiger partial charge in [0, 0.05) is 5.69 Å². The van der Waals surface area contributed by atoms with Crippen molar-refractivity contribution in [3.8, 4) is 5.75 Å². The van der Waals surface area contributed by atoms with Crippen LogP contribution in [0.15, 0.2) is 51.5 Å². The average Bonchev–Trinajstić information content (AvgIpc) is 3.22. The number of amides is 2. The molecule has 3 rings (SSSR count). The SMILES string of the molecule is Cc1ccc(CN(C(=O)Nc2ccc(OC(F)F)cc2)c2cnoc2C)o1. The average molecular weight is 377 g/mol. The van der Waals surface area contributed by atoms with Crippen molar-refractivity contribution in [3.63, 3.8) is 0 Å². The largest absolute Gasteiger partial charge is 0.464 e. The Bertz CT molecular complexity index is 905. The monoisotopic (exact) mass is 377 g/mol. The number of hydrogen-bond donors (Lipinski definition) is 1. The fourth-order valence-corrected chi connectivity index (χ4v) is 2.46. The first-order valence-electron chi connectivity index (χ1n) is 8.02. The molecule has 0 saturated heterocycles. The minimum Gasteiger partial charge on any atom is -0.464 e. The maximum Gasteiger partial charge on any atom is 0.387 e. The van der Waals surface area contributed by atoms with Gasteiger partial charge in [-0.1, -0.05) is 5.16 Å². The first-order valence-corrected chi connectivity index (χ1v) is 8.02. The van der Waals surface area contributed by atoms with E-state index in [0.717, 1.165) is 5.76 Å². The number of halogens is 2. The number of alkyl halides is 2. The number of aromatic nitrogens is 1. The highest BCUT2D eigenvalue weighted by molar-refractivity contribution is 6.01. The summed E-state index contributed by atoms with van der Waals surface area (Å²) in [5.74, 6) is 1.78. The lowest BCUT2D eigenvalue weighted by molar-refractivity contribution is -0.0498. The molecule has 0 fully saturated rings.